The zero-order valence-corrected chi connectivity index (χ0v) is 36.5. The maximum Gasteiger partial charge on any atom is 0.240 e. The third-order valence-corrected chi connectivity index (χ3v) is 14.0. The number of aliphatic hydroxyl groups is 3. The minimum atomic E-state index is -0.935. The molecule has 1 aliphatic heterocycles. The van der Waals surface area contributed by atoms with Crippen LogP contribution in [0.3, 0.4) is 0 Å². The molecule has 4 aliphatic carbocycles. The van der Waals surface area contributed by atoms with Crippen LogP contribution in [0.25, 0.3) is 11.1 Å². The second-order valence-electron chi connectivity index (χ2n) is 19.2. The number of para-hydroxylation sites is 1. The Morgan fingerprint density at radius 2 is 1.76 bits per heavy atom. The van der Waals surface area contributed by atoms with Gasteiger partial charge in [0.1, 0.15) is 24.1 Å². The Morgan fingerprint density at radius 3 is 2.39 bits per heavy atom. The number of fused-ring (bicyclic) bond motifs is 2. The van der Waals surface area contributed by atoms with E-state index in [1.807, 2.05) is 75.6 Å². The predicted molar refractivity (Wildman–Crippen MR) is 233 cm³/mol. The van der Waals surface area contributed by atoms with Crippen LogP contribution in [0.15, 0.2) is 66.7 Å². The molecule has 2 bridgehead atoms. The summed E-state index contributed by atoms with van der Waals surface area (Å²) in [6.07, 6.45) is 2.59. The van der Waals surface area contributed by atoms with Crippen molar-refractivity contribution < 1.29 is 29.7 Å². The number of ether oxygens (including phenoxy) is 1. The van der Waals surface area contributed by atoms with Crippen LogP contribution in [-0.4, -0.2) is 109 Å². The van der Waals surface area contributed by atoms with Gasteiger partial charge in [0.25, 0.3) is 0 Å². The third kappa shape index (κ3) is 9.67. The SMILES string of the molecule is C[C@@H]1[C@@H](NC(=O)[C@@H]2[C@H]([C@H](C)O)[C@H](CO)ON2Cc2cccc(-c3cc(C(O)N[C@@H](Cc4ccccc4)CN(C)C)cc(N(C)C)c3)c2OCC2CC2)C[C@H]2C[C@@H]1C2(C)C. The molecule has 3 aromatic rings. The Bertz CT molecular complexity index is 1880. The van der Waals surface area contributed by atoms with Crippen LogP contribution in [-0.2, 0) is 22.6 Å². The van der Waals surface area contributed by atoms with Crippen LogP contribution < -0.4 is 20.3 Å². The number of nitrogens with zero attached hydrogens (tertiary/aromatic N) is 3. The number of likely N-dealkylation sites (N-methyl/N-ethyl adjacent to an activating group) is 1. The number of aliphatic hydroxyl groups excluding tert-OH is 3. The monoisotopic (exact) mass is 812 g/mol. The van der Waals surface area contributed by atoms with Crippen LogP contribution in [0.5, 0.6) is 5.75 Å². The molecule has 4 saturated carbocycles. The van der Waals surface area contributed by atoms with Crippen molar-refractivity contribution in [3.63, 3.8) is 0 Å². The van der Waals surface area contributed by atoms with Crippen molar-refractivity contribution in [1.82, 2.24) is 20.6 Å². The molecule has 5 fully saturated rings. The zero-order valence-electron chi connectivity index (χ0n) is 36.5. The van der Waals surface area contributed by atoms with Gasteiger partial charge in [-0.05, 0) is 117 Å². The van der Waals surface area contributed by atoms with Gasteiger partial charge in [0.05, 0.1) is 25.9 Å². The van der Waals surface area contributed by atoms with Crippen molar-refractivity contribution >= 4 is 11.6 Å². The van der Waals surface area contributed by atoms with Gasteiger partial charge in [-0.15, -0.1) is 0 Å². The summed E-state index contributed by atoms with van der Waals surface area (Å²) in [5, 5.41) is 42.0. The van der Waals surface area contributed by atoms with Gasteiger partial charge in [0.2, 0.25) is 5.91 Å². The third-order valence-electron chi connectivity index (χ3n) is 14.0. The Morgan fingerprint density at radius 1 is 1.02 bits per heavy atom. The van der Waals surface area contributed by atoms with Gasteiger partial charge in [-0.1, -0.05) is 69.3 Å². The Kier molecular flexibility index (Phi) is 13.4. The number of hydrogen-bond acceptors (Lipinski definition) is 10. The van der Waals surface area contributed by atoms with Gasteiger partial charge in [-0.25, -0.2) is 0 Å². The van der Waals surface area contributed by atoms with E-state index in [0.29, 0.717) is 36.0 Å². The van der Waals surface area contributed by atoms with Gasteiger partial charge >= 0.3 is 0 Å². The summed E-state index contributed by atoms with van der Waals surface area (Å²) in [5.41, 5.74) is 5.77. The van der Waals surface area contributed by atoms with Gasteiger partial charge in [0, 0.05) is 55.5 Å². The molecule has 1 unspecified atom stereocenters. The van der Waals surface area contributed by atoms with E-state index in [0.717, 1.165) is 60.2 Å². The second kappa shape index (κ2) is 18.2. The lowest BCUT2D eigenvalue weighted by Crippen LogP contribution is -2.62. The molecule has 5 N–H and O–H groups in total. The van der Waals surface area contributed by atoms with E-state index in [-0.39, 0.29) is 36.6 Å². The molecule has 0 spiro atoms. The van der Waals surface area contributed by atoms with Gasteiger partial charge in [-0.3, -0.25) is 14.9 Å². The first kappa shape index (κ1) is 43.5. The molecule has 11 nitrogen and oxygen atoms in total. The standard InChI is InChI=1S/C48H69N5O6/c1-29-40-23-36(48(40,3)4)24-41(29)50-47(57)44-43(30(2)55)42(27-54)59-53(44)25-33-15-12-16-39(45(33)58-28-32-17-18-32)34-20-35(22-38(21-34)52(7)8)46(56)49-37(26-51(5)6)19-31-13-10-9-11-14-31/h9-16,20-22,29-30,32,36-37,40-44,46,49,54-56H,17-19,23-28H2,1-8H3,(H,50,57)/t29-,30-,36+,37-,40-,41-,42-,43+,44-,46?/m0/s1. The first-order valence-corrected chi connectivity index (χ1v) is 21.9. The molecule has 11 heteroatoms. The molecule has 8 rings (SSSR count). The number of amides is 1. The second-order valence-corrected chi connectivity index (χ2v) is 19.2. The van der Waals surface area contributed by atoms with Crippen molar-refractivity contribution in [1.29, 1.82) is 0 Å². The van der Waals surface area contributed by atoms with Crippen LogP contribution >= 0.6 is 0 Å². The van der Waals surface area contributed by atoms with Crippen LogP contribution in [0, 0.1) is 35.0 Å². The average molecular weight is 812 g/mol. The van der Waals surface area contributed by atoms with Crippen molar-refractivity contribution in [2.45, 2.75) is 103 Å². The van der Waals surface area contributed by atoms with E-state index in [4.69, 9.17) is 9.57 Å². The van der Waals surface area contributed by atoms with Gasteiger partial charge in [-0.2, -0.15) is 5.06 Å². The maximum absolute atomic E-state index is 14.5. The van der Waals surface area contributed by atoms with Gasteiger partial charge in [0.15, 0.2) is 0 Å². The Balaban J connectivity index is 1.19. The lowest BCUT2D eigenvalue weighted by atomic mass is 9.45. The van der Waals surface area contributed by atoms with E-state index < -0.39 is 30.4 Å². The van der Waals surface area contributed by atoms with Gasteiger partial charge < -0.3 is 35.2 Å². The number of benzene rings is 3. The van der Waals surface area contributed by atoms with Crippen LogP contribution in [0.4, 0.5) is 5.69 Å². The van der Waals surface area contributed by atoms with E-state index in [9.17, 15) is 20.1 Å². The van der Waals surface area contributed by atoms with E-state index >= 15 is 0 Å². The summed E-state index contributed by atoms with van der Waals surface area (Å²) in [4.78, 5) is 25.0. The molecule has 5 aliphatic rings. The number of hydroxylamine groups is 2. The largest absolute Gasteiger partial charge is 0.492 e. The molecule has 0 radical (unpaired) electrons. The zero-order chi connectivity index (χ0) is 42.2. The summed E-state index contributed by atoms with van der Waals surface area (Å²) in [6, 6.07) is 21.8. The number of hydrogen-bond donors (Lipinski definition) is 5. The van der Waals surface area contributed by atoms with Crippen LogP contribution in [0.2, 0.25) is 0 Å². The number of carbonyl (C=O) groups is 1. The molecular weight excluding hydrogens is 743 g/mol. The molecule has 1 saturated heterocycles. The highest BCUT2D eigenvalue weighted by Gasteiger charge is 2.57. The maximum atomic E-state index is 14.5. The summed E-state index contributed by atoms with van der Waals surface area (Å²) in [6.45, 7) is 9.84. The Labute approximate surface area is 352 Å². The summed E-state index contributed by atoms with van der Waals surface area (Å²) >= 11 is 0. The van der Waals surface area contributed by atoms with E-state index in [1.165, 1.54) is 12.0 Å². The lowest BCUT2D eigenvalue weighted by molar-refractivity contribution is -0.183. The number of nitrogens with one attached hydrogen (secondary N) is 2. The van der Waals surface area contributed by atoms with Crippen molar-refractivity contribution in [3.8, 4) is 16.9 Å². The van der Waals surface area contributed by atoms with Crippen LogP contribution in [0.1, 0.15) is 76.3 Å². The molecule has 3 aromatic carbocycles. The highest BCUT2D eigenvalue weighted by Crippen LogP contribution is 2.61. The quantitative estimate of drug-likeness (QED) is 0.103. The molecule has 10 atom stereocenters. The van der Waals surface area contributed by atoms with Crippen molar-refractivity contribution in [2.75, 3.05) is 52.8 Å². The van der Waals surface area contributed by atoms with E-state index in [1.54, 1.807) is 12.0 Å². The summed E-state index contributed by atoms with van der Waals surface area (Å²) in [5.74, 6) is 1.86. The van der Waals surface area contributed by atoms with E-state index in [2.05, 4.69) is 60.6 Å². The molecule has 1 heterocycles. The topological polar surface area (TPSA) is 130 Å². The number of rotatable bonds is 18. The lowest BCUT2D eigenvalue weighted by Gasteiger charge is -2.62. The molecule has 322 valence electrons. The summed E-state index contributed by atoms with van der Waals surface area (Å²) < 4.78 is 6.75. The fourth-order valence-corrected chi connectivity index (χ4v) is 10.3. The highest BCUT2D eigenvalue weighted by molar-refractivity contribution is 5.83. The predicted octanol–water partition coefficient (Wildman–Crippen LogP) is 5.62. The first-order chi connectivity index (χ1) is 28.1. The first-order valence-electron chi connectivity index (χ1n) is 21.9. The highest BCUT2D eigenvalue weighted by atomic mass is 16.7. The van der Waals surface area contributed by atoms with Crippen molar-refractivity contribution in [2.24, 2.45) is 35.0 Å². The number of carbonyl (C=O) groups excluding carboxylic acids is 1. The fourth-order valence-electron chi connectivity index (χ4n) is 10.3. The fraction of sp³-hybridized carbons (Fsp3) is 0.604. The molecule has 1 amide bonds. The average Bonchev–Trinajstić information content (AvgIpc) is 3.95. The smallest absolute Gasteiger partial charge is 0.240 e. The summed E-state index contributed by atoms with van der Waals surface area (Å²) in [7, 11) is 8.09. The molecular formula is C48H69N5O6. The van der Waals surface area contributed by atoms with Crippen molar-refractivity contribution in [3.05, 3.63) is 83.4 Å². The molecule has 59 heavy (non-hydrogen) atoms. The minimum absolute atomic E-state index is 0.00713. The number of anilines is 1. The Hall–Kier alpha value is -3.55. The minimum Gasteiger partial charge on any atom is -0.492 e. The normalized spacial score (nSPS) is 27.8. The molecule has 0 aromatic heterocycles.